The third-order valence-electron chi connectivity index (χ3n) is 3.82. The molecular formula is C13H19NO5S. The van der Waals surface area contributed by atoms with E-state index in [-0.39, 0.29) is 35.8 Å². The van der Waals surface area contributed by atoms with E-state index in [1.807, 2.05) is 0 Å². The Labute approximate surface area is 118 Å². The third-order valence-corrected chi connectivity index (χ3v) is 5.12. The molecule has 0 spiro atoms. The zero-order valence-electron chi connectivity index (χ0n) is 11.1. The number of furan rings is 1. The SMILES string of the molecule is O=Cc1ccc(S(=O)(=O)NCC2CCCCC2CO)o1. The van der Waals surface area contributed by atoms with Crippen molar-refractivity contribution in [3.8, 4) is 0 Å². The van der Waals surface area contributed by atoms with Gasteiger partial charge in [0, 0.05) is 13.2 Å². The Kier molecular flexibility index (Phi) is 4.95. The molecule has 2 rings (SSSR count). The first-order valence-electron chi connectivity index (χ1n) is 6.72. The van der Waals surface area contributed by atoms with Gasteiger partial charge in [0.1, 0.15) is 0 Å². The van der Waals surface area contributed by atoms with Crippen LogP contribution in [0.15, 0.2) is 21.6 Å². The van der Waals surface area contributed by atoms with Gasteiger partial charge in [-0.25, -0.2) is 13.1 Å². The van der Waals surface area contributed by atoms with Gasteiger partial charge in [-0.15, -0.1) is 0 Å². The number of aliphatic hydroxyl groups excluding tert-OH is 1. The highest BCUT2D eigenvalue weighted by molar-refractivity contribution is 7.89. The van der Waals surface area contributed by atoms with Gasteiger partial charge in [0.15, 0.2) is 12.0 Å². The molecule has 0 amide bonds. The second kappa shape index (κ2) is 6.51. The predicted molar refractivity (Wildman–Crippen MR) is 71.8 cm³/mol. The van der Waals surface area contributed by atoms with Crippen LogP contribution in [0.1, 0.15) is 36.2 Å². The molecule has 0 aliphatic heterocycles. The first-order valence-corrected chi connectivity index (χ1v) is 8.20. The van der Waals surface area contributed by atoms with Crippen molar-refractivity contribution in [3.05, 3.63) is 17.9 Å². The minimum atomic E-state index is -3.74. The Morgan fingerprint density at radius 3 is 2.60 bits per heavy atom. The first-order chi connectivity index (χ1) is 9.56. The molecule has 0 saturated heterocycles. The summed E-state index contributed by atoms with van der Waals surface area (Å²) in [6.07, 6.45) is 4.43. The maximum Gasteiger partial charge on any atom is 0.273 e. The van der Waals surface area contributed by atoms with E-state index in [4.69, 9.17) is 4.42 Å². The summed E-state index contributed by atoms with van der Waals surface area (Å²) in [5.41, 5.74) is 0. The van der Waals surface area contributed by atoms with Crippen molar-refractivity contribution in [2.75, 3.05) is 13.2 Å². The van der Waals surface area contributed by atoms with Gasteiger partial charge >= 0.3 is 0 Å². The van der Waals surface area contributed by atoms with Crippen molar-refractivity contribution in [1.82, 2.24) is 4.72 Å². The largest absolute Gasteiger partial charge is 0.440 e. The average molecular weight is 301 g/mol. The number of rotatable bonds is 6. The van der Waals surface area contributed by atoms with Gasteiger partial charge in [-0.05, 0) is 36.8 Å². The maximum absolute atomic E-state index is 12.0. The fourth-order valence-corrected chi connectivity index (χ4v) is 3.65. The molecule has 20 heavy (non-hydrogen) atoms. The van der Waals surface area contributed by atoms with Gasteiger partial charge in [0.25, 0.3) is 10.0 Å². The fourth-order valence-electron chi connectivity index (χ4n) is 2.62. The van der Waals surface area contributed by atoms with E-state index in [9.17, 15) is 18.3 Å². The highest BCUT2D eigenvalue weighted by Gasteiger charge is 2.27. The monoisotopic (exact) mass is 301 g/mol. The standard InChI is InChI=1S/C13H19NO5S/c15-8-11-4-2-1-3-10(11)7-14-20(17,18)13-6-5-12(9-16)19-13/h5-6,9-11,14-15H,1-4,7-8H2. The van der Waals surface area contributed by atoms with Crippen molar-refractivity contribution < 1.29 is 22.7 Å². The summed E-state index contributed by atoms with van der Waals surface area (Å²) in [4.78, 5) is 10.5. The summed E-state index contributed by atoms with van der Waals surface area (Å²) in [6.45, 7) is 0.368. The summed E-state index contributed by atoms with van der Waals surface area (Å²) in [5.74, 6) is 0.272. The molecule has 1 saturated carbocycles. The van der Waals surface area contributed by atoms with Gasteiger partial charge < -0.3 is 9.52 Å². The number of hydrogen-bond acceptors (Lipinski definition) is 5. The van der Waals surface area contributed by atoms with Gasteiger partial charge in [-0.2, -0.15) is 0 Å². The summed E-state index contributed by atoms with van der Waals surface area (Å²) in [7, 11) is -3.74. The molecule has 1 aliphatic carbocycles. The van der Waals surface area contributed by atoms with Crippen LogP contribution in [-0.2, 0) is 10.0 Å². The molecular weight excluding hydrogens is 282 g/mol. The summed E-state index contributed by atoms with van der Waals surface area (Å²) < 4.78 is 31.5. The van der Waals surface area contributed by atoms with E-state index >= 15 is 0 Å². The molecule has 0 radical (unpaired) electrons. The molecule has 2 atom stereocenters. The molecule has 112 valence electrons. The highest BCUT2D eigenvalue weighted by Crippen LogP contribution is 2.29. The topological polar surface area (TPSA) is 96.6 Å². The lowest BCUT2D eigenvalue weighted by atomic mass is 9.80. The Bertz CT molecular complexity index is 551. The van der Waals surface area contributed by atoms with Crippen LogP contribution < -0.4 is 4.72 Å². The zero-order valence-corrected chi connectivity index (χ0v) is 11.9. The van der Waals surface area contributed by atoms with Crippen LogP contribution in [-0.4, -0.2) is 33.0 Å². The molecule has 7 heteroatoms. The quantitative estimate of drug-likeness (QED) is 0.769. The lowest BCUT2D eigenvalue weighted by molar-refractivity contribution is 0.109. The van der Waals surface area contributed by atoms with Crippen LogP contribution in [0.25, 0.3) is 0 Å². The van der Waals surface area contributed by atoms with Gasteiger partial charge in [0.05, 0.1) is 0 Å². The molecule has 0 bridgehead atoms. The molecule has 0 aromatic carbocycles. The number of hydrogen-bond donors (Lipinski definition) is 2. The number of carbonyl (C=O) groups excluding carboxylic acids is 1. The minimum Gasteiger partial charge on any atom is -0.440 e. The van der Waals surface area contributed by atoms with E-state index in [1.54, 1.807) is 0 Å². The maximum atomic E-state index is 12.0. The average Bonchev–Trinajstić information content (AvgIpc) is 2.95. The van der Waals surface area contributed by atoms with Crippen LogP contribution in [0.2, 0.25) is 0 Å². The van der Waals surface area contributed by atoms with Crippen LogP contribution in [0.3, 0.4) is 0 Å². The lowest BCUT2D eigenvalue weighted by Gasteiger charge is -2.30. The summed E-state index contributed by atoms with van der Waals surface area (Å²) >= 11 is 0. The number of carbonyl (C=O) groups is 1. The summed E-state index contributed by atoms with van der Waals surface area (Å²) in [6, 6.07) is 2.58. The first kappa shape index (κ1) is 15.2. The summed E-state index contributed by atoms with van der Waals surface area (Å²) in [5, 5.41) is 9.05. The van der Waals surface area contributed by atoms with Crippen molar-refractivity contribution in [2.45, 2.75) is 30.8 Å². The Morgan fingerprint density at radius 1 is 1.30 bits per heavy atom. The van der Waals surface area contributed by atoms with E-state index in [2.05, 4.69) is 4.72 Å². The Balaban J connectivity index is 1.99. The van der Waals surface area contributed by atoms with Gasteiger partial charge in [-0.1, -0.05) is 12.8 Å². The number of aliphatic hydroxyl groups is 1. The third kappa shape index (κ3) is 3.47. The zero-order chi connectivity index (χ0) is 14.6. The van der Waals surface area contributed by atoms with Crippen molar-refractivity contribution >= 4 is 16.3 Å². The van der Waals surface area contributed by atoms with Crippen molar-refractivity contribution in [2.24, 2.45) is 11.8 Å². The fraction of sp³-hybridized carbons (Fsp3) is 0.615. The van der Waals surface area contributed by atoms with E-state index in [0.29, 0.717) is 6.29 Å². The smallest absolute Gasteiger partial charge is 0.273 e. The predicted octanol–water partition coefficient (Wildman–Crippen LogP) is 1.17. The van der Waals surface area contributed by atoms with Crippen molar-refractivity contribution in [1.29, 1.82) is 0 Å². The Hall–Kier alpha value is -1.18. The normalized spacial score (nSPS) is 23.6. The van der Waals surface area contributed by atoms with Crippen LogP contribution in [0, 0.1) is 11.8 Å². The van der Waals surface area contributed by atoms with Crippen LogP contribution in [0.5, 0.6) is 0 Å². The molecule has 1 heterocycles. The second-order valence-electron chi connectivity index (χ2n) is 5.11. The highest BCUT2D eigenvalue weighted by atomic mass is 32.2. The van der Waals surface area contributed by atoms with Gasteiger partial charge in [0.2, 0.25) is 5.09 Å². The molecule has 6 nitrogen and oxygen atoms in total. The molecule has 1 fully saturated rings. The van der Waals surface area contributed by atoms with E-state index < -0.39 is 10.0 Å². The van der Waals surface area contributed by atoms with Gasteiger partial charge in [-0.3, -0.25) is 4.79 Å². The molecule has 2 N–H and O–H groups in total. The number of aldehydes is 1. The second-order valence-corrected chi connectivity index (χ2v) is 6.81. The number of nitrogens with one attached hydrogen (secondary N) is 1. The minimum absolute atomic E-state index is 0.0173. The van der Waals surface area contributed by atoms with E-state index in [0.717, 1.165) is 25.7 Å². The van der Waals surface area contributed by atoms with Crippen LogP contribution in [0.4, 0.5) is 0 Å². The van der Waals surface area contributed by atoms with E-state index in [1.165, 1.54) is 12.1 Å². The molecule has 2 unspecified atom stereocenters. The lowest BCUT2D eigenvalue weighted by Crippen LogP contribution is -2.35. The molecule has 1 aliphatic rings. The molecule has 1 aromatic rings. The Morgan fingerprint density at radius 2 is 2.00 bits per heavy atom. The molecule has 1 aromatic heterocycles. The number of sulfonamides is 1. The van der Waals surface area contributed by atoms with Crippen molar-refractivity contribution in [3.63, 3.8) is 0 Å². The van der Waals surface area contributed by atoms with Crippen LogP contribution >= 0.6 is 0 Å².